The van der Waals surface area contributed by atoms with Crippen molar-refractivity contribution in [2.75, 3.05) is 19.7 Å². The lowest BCUT2D eigenvalue weighted by molar-refractivity contribution is -0.175. The lowest BCUT2D eigenvalue weighted by Gasteiger charge is -2.54. The maximum absolute atomic E-state index is 10.4. The smallest absolute Gasteiger partial charge is 0.329 e. The minimum atomic E-state index is -0.882. The molecule has 4 heteroatoms. The van der Waals surface area contributed by atoms with Crippen molar-refractivity contribution >= 4 is 5.97 Å². The van der Waals surface area contributed by atoms with Crippen LogP contribution in [0.3, 0.4) is 0 Å². The van der Waals surface area contributed by atoms with Gasteiger partial charge >= 0.3 is 5.97 Å². The van der Waals surface area contributed by atoms with Gasteiger partial charge in [-0.15, -0.1) is 0 Å². The summed E-state index contributed by atoms with van der Waals surface area (Å²) in [6, 6.07) is 0.724. The SMILES string of the molecule is CC1CC(N2CC(C)(OCC(=O)O)C2)C1. The van der Waals surface area contributed by atoms with Gasteiger partial charge in [0, 0.05) is 19.1 Å². The summed E-state index contributed by atoms with van der Waals surface area (Å²) >= 11 is 0. The molecule has 1 N–H and O–H groups in total. The van der Waals surface area contributed by atoms with Crippen LogP contribution in [0.4, 0.5) is 0 Å². The summed E-state index contributed by atoms with van der Waals surface area (Å²) in [4.78, 5) is 12.8. The van der Waals surface area contributed by atoms with Crippen molar-refractivity contribution < 1.29 is 14.6 Å². The first kappa shape index (κ1) is 10.9. The van der Waals surface area contributed by atoms with Crippen molar-refractivity contribution in [1.29, 1.82) is 0 Å². The molecule has 0 aromatic heterocycles. The fourth-order valence-electron chi connectivity index (χ4n) is 2.56. The zero-order chi connectivity index (χ0) is 11.1. The quantitative estimate of drug-likeness (QED) is 0.755. The predicted molar refractivity (Wildman–Crippen MR) is 55.8 cm³/mol. The Balaban J connectivity index is 1.69. The third kappa shape index (κ3) is 2.32. The first-order valence-corrected chi connectivity index (χ1v) is 5.58. The van der Waals surface area contributed by atoms with E-state index in [2.05, 4.69) is 11.8 Å². The lowest BCUT2D eigenvalue weighted by atomic mass is 9.78. The van der Waals surface area contributed by atoms with Gasteiger partial charge in [-0.05, 0) is 25.7 Å². The summed E-state index contributed by atoms with van der Waals surface area (Å²) in [6.45, 7) is 5.87. The van der Waals surface area contributed by atoms with E-state index in [1.807, 2.05) is 6.92 Å². The summed E-state index contributed by atoms with van der Waals surface area (Å²) in [5, 5.41) is 8.52. The Bertz CT molecular complexity index is 255. The number of hydrogen-bond acceptors (Lipinski definition) is 3. The van der Waals surface area contributed by atoms with Crippen molar-refractivity contribution in [3.63, 3.8) is 0 Å². The van der Waals surface area contributed by atoms with E-state index in [9.17, 15) is 4.79 Å². The molecule has 0 unspecified atom stereocenters. The number of carboxylic acid groups (broad SMARTS) is 1. The Kier molecular flexibility index (Phi) is 2.73. The van der Waals surface area contributed by atoms with Crippen molar-refractivity contribution in [2.45, 2.75) is 38.3 Å². The molecular weight excluding hydrogens is 194 g/mol. The van der Waals surface area contributed by atoms with Gasteiger partial charge in [-0.2, -0.15) is 0 Å². The molecule has 0 radical (unpaired) electrons. The molecule has 2 rings (SSSR count). The first-order valence-electron chi connectivity index (χ1n) is 5.58. The van der Waals surface area contributed by atoms with Crippen molar-refractivity contribution in [3.05, 3.63) is 0 Å². The Labute approximate surface area is 90.2 Å². The van der Waals surface area contributed by atoms with Gasteiger partial charge in [-0.3, -0.25) is 4.90 Å². The maximum atomic E-state index is 10.4. The molecule has 86 valence electrons. The van der Waals surface area contributed by atoms with E-state index in [1.165, 1.54) is 12.8 Å². The van der Waals surface area contributed by atoms with Crippen LogP contribution in [-0.2, 0) is 9.53 Å². The number of likely N-dealkylation sites (tertiary alicyclic amines) is 1. The third-order valence-corrected chi connectivity index (χ3v) is 3.48. The predicted octanol–water partition coefficient (Wildman–Crippen LogP) is 0.960. The average Bonchev–Trinajstić information content (AvgIpc) is 2.05. The molecule has 0 aromatic carbocycles. The molecule has 1 saturated heterocycles. The zero-order valence-electron chi connectivity index (χ0n) is 9.40. The Morgan fingerprint density at radius 3 is 2.60 bits per heavy atom. The van der Waals surface area contributed by atoms with E-state index >= 15 is 0 Å². The van der Waals surface area contributed by atoms with Crippen LogP contribution in [0.2, 0.25) is 0 Å². The van der Waals surface area contributed by atoms with Crippen LogP contribution < -0.4 is 0 Å². The number of carboxylic acids is 1. The Morgan fingerprint density at radius 1 is 1.53 bits per heavy atom. The van der Waals surface area contributed by atoms with Crippen LogP contribution in [0.25, 0.3) is 0 Å². The molecule has 4 nitrogen and oxygen atoms in total. The molecule has 15 heavy (non-hydrogen) atoms. The van der Waals surface area contributed by atoms with Crippen LogP contribution in [0.15, 0.2) is 0 Å². The number of ether oxygens (including phenoxy) is 1. The molecule has 0 spiro atoms. The molecule has 1 aliphatic carbocycles. The van der Waals surface area contributed by atoms with Crippen LogP contribution >= 0.6 is 0 Å². The van der Waals surface area contributed by atoms with E-state index in [-0.39, 0.29) is 12.2 Å². The lowest BCUT2D eigenvalue weighted by Crippen LogP contribution is -2.66. The highest BCUT2D eigenvalue weighted by Gasteiger charge is 2.45. The fraction of sp³-hybridized carbons (Fsp3) is 0.909. The topological polar surface area (TPSA) is 49.8 Å². The second-order valence-corrected chi connectivity index (χ2v) is 5.27. The Hall–Kier alpha value is -0.610. The fourth-order valence-corrected chi connectivity index (χ4v) is 2.56. The van der Waals surface area contributed by atoms with Crippen molar-refractivity contribution in [3.8, 4) is 0 Å². The molecule has 1 saturated carbocycles. The highest BCUT2D eigenvalue weighted by molar-refractivity contribution is 5.68. The van der Waals surface area contributed by atoms with E-state index < -0.39 is 5.97 Å². The molecule has 2 fully saturated rings. The van der Waals surface area contributed by atoms with Crippen molar-refractivity contribution in [2.24, 2.45) is 5.92 Å². The van der Waals surface area contributed by atoms with Gasteiger partial charge in [0.2, 0.25) is 0 Å². The Morgan fingerprint density at radius 2 is 2.13 bits per heavy atom. The number of carbonyl (C=O) groups is 1. The second-order valence-electron chi connectivity index (χ2n) is 5.27. The van der Waals surface area contributed by atoms with Gasteiger partial charge in [0.1, 0.15) is 6.61 Å². The molecule has 0 bridgehead atoms. The molecule has 2 aliphatic rings. The summed E-state index contributed by atoms with van der Waals surface area (Å²) < 4.78 is 5.36. The van der Waals surface area contributed by atoms with Gasteiger partial charge < -0.3 is 9.84 Å². The van der Waals surface area contributed by atoms with Crippen molar-refractivity contribution in [1.82, 2.24) is 4.90 Å². The number of rotatable bonds is 4. The van der Waals surface area contributed by atoms with E-state index in [1.54, 1.807) is 0 Å². The van der Waals surface area contributed by atoms with Gasteiger partial charge in [0.25, 0.3) is 0 Å². The van der Waals surface area contributed by atoms with Gasteiger partial charge in [-0.1, -0.05) is 6.92 Å². The molecule has 0 aromatic rings. The second kappa shape index (κ2) is 3.76. The summed E-state index contributed by atoms with van der Waals surface area (Å²) in [5.41, 5.74) is -0.225. The molecule has 0 atom stereocenters. The highest BCUT2D eigenvalue weighted by Crippen LogP contribution is 2.37. The van der Waals surface area contributed by atoms with E-state index in [4.69, 9.17) is 9.84 Å². The van der Waals surface area contributed by atoms with Crippen LogP contribution in [0.5, 0.6) is 0 Å². The van der Waals surface area contributed by atoms with E-state index in [0.29, 0.717) is 0 Å². The minimum absolute atomic E-state index is 0.175. The largest absolute Gasteiger partial charge is 0.480 e. The standard InChI is InChI=1S/C11H19NO3/c1-8-3-9(4-8)12-6-11(2,7-12)15-5-10(13)14/h8-9H,3-7H2,1-2H3,(H,13,14). The first-order chi connectivity index (χ1) is 6.98. The van der Waals surface area contributed by atoms with Crippen LogP contribution in [-0.4, -0.2) is 47.3 Å². The normalized spacial score (nSPS) is 34.3. The monoisotopic (exact) mass is 213 g/mol. The minimum Gasteiger partial charge on any atom is -0.480 e. The molecule has 1 aliphatic heterocycles. The number of nitrogens with zero attached hydrogens (tertiary/aromatic N) is 1. The summed E-state index contributed by atoms with van der Waals surface area (Å²) in [6.07, 6.45) is 2.57. The molecule has 0 amide bonds. The number of hydrogen-bond donors (Lipinski definition) is 1. The molecule has 1 heterocycles. The highest BCUT2D eigenvalue weighted by atomic mass is 16.5. The van der Waals surface area contributed by atoms with Gasteiger partial charge in [0.15, 0.2) is 0 Å². The van der Waals surface area contributed by atoms with Gasteiger partial charge in [0.05, 0.1) is 5.60 Å². The average molecular weight is 213 g/mol. The third-order valence-electron chi connectivity index (χ3n) is 3.48. The van der Waals surface area contributed by atoms with E-state index in [0.717, 1.165) is 25.0 Å². The zero-order valence-corrected chi connectivity index (χ0v) is 9.40. The van der Waals surface area contributed by atoms with Gasteiger partial charge in [-0.25, -0.2) is 4.79 Å². The van der Waals surface area contributed by atoms with Crippen LogP contribution in [0.1, 0.15) is 26.7 Å². The summed E-state index contributed by atoms with van der Waals surface area (Å²) in [5.74, 6) is -0.0197. The molecular formula is C11H19NO3. The van der Waals surface area contributed by atoms with Crippen LogP contribution in [0, 0.1) is 5.92 Å². The number of aliphatic carboxylic acids is 1. The maximum Gasteiger partial charge on any atom is 0.329 e. The summed E-state index contributed by atoms with van der Waals surface area (Å²) in [7, 11) is 0.